The number of hydrogen-bond acceptors (Lipinski definition) is 3. The molecule has 0 radical (unpaired) electrons. The summed E-state index contributed by atoms with van der Waals surface area (Å²) in [6.45, 7) is 1.75. The summed E-state index contributed by atoms with van der Waals surface area (Å²) in [5, 5.41) is 0.132. The topological polar surface area (TPSA) is 49.0 Å². The van der Waals surface area contributed by atoms with Gasteiger partial charge in [0.05, 0.1) is 16.3 Å². The number of aromatic amines is 1. The molecule has 0 saturated heterocycles. The highest BCUT2D eigenvalue weighted by molar-refractivity contribution is 8.00. The van der Waals surface area contributed by atoms with Gasteiger partial charge in [0, 0.05) is 26.2 Å². The van der Waals surface area contributed by atoms with Gasteiger partial charge in [-0.05, 0) is 6.92 Å². The highest BCUT2D eigenvalue weighted by atomic mass is 32.2. The average molecular weight is 285 g/mol. The molecule has 0 fully saturated rings. The lowest BCUT2D eigenvalue weighted by molar-refractivity contribution is -0.127. The number of H-pyrrole nitrogens is 1. The first-order valence-electron chi connectivity index (χ1n) is 5.61. The Bertz CT molecular complexity index is 588. The van der Waals surface area contributed by atoms with Crippen LogP contribution in [0.25, 0.3) is 11.0 Å². The molecule has 1 amide bonds. The minimum Gasteiger partial charge on any atom is -0.348 e. The Hall–Kier alpha value is -1.63. The zero-order chi connectivity index (χ0) is 14.2. The number of nitrogens with zero attached hydrogens (tertiary/aromatic N) is 2. The minimum atomic E-state index is -0.937. The molecule has 4 nitrogen and oxygen atoms in total. The number of halogens is 2. The molecule has 0 aliphatic rings. The zero-order valence-corrected chi connectivity index (χ0v) is 11.5. The van der Waals surface area contributed by atoms with Gasteiger partial charge in [0.25, 0.3) is 0 Å². The zero-order valence-electron chi connectivity index (χ0n) is 10.7. The molecule has 0 bridgehead atoms. The van der Waals surface area contributed by atoms with Gasteiger partial charge in [-0.25, -0.2) is 13.8 Å². The van der Waals surface area contributed by atoms with E-state index in [1.807, 2.05) is 0 Å². The van der Waals surface area contributed by atoms with Crippen molar-refractivity contribution in [2.75, 3.05) is 14.1 Å². The molecule has 0 aliphatic heterocycles. The quantitative estimate of drug-likeness (QED) is 0.881. The van der Waals surface area contributed by atoms with Crippen LogP contribution >= 0.6 is 11.8 Å². The molecule has 2 aromatic rings. The van der Waals surface area contributed by atoms with Gasteiger partial charge in [-0.3, -0.25) is 4.79 Å². The van der Waals surface area contributed by atoms with E-state index in [1.165, 1.54) is 16.7 Å². The highest BCUT2D eigenvalue weighted by Crippen LogP contribution is 2.25. The molecule has 2 rings (SSSR count). The summed E-state index contributed by atoms with van der Waals surface area (Å²) < 4.78 is 26.1. The van der Waals surface area contributed by atoms with Crippen molar-refractivity contribution in [2.24, 2.45) is 0 Å². The van der Waals surface area contributed by atoms with Crippen LogP contribution in [-0.4, -0.2) is 40.1 Å². The Balaban J connectivity index is 2.25. The summed E-state index contributed by atoms with van der Waals surface area (Å²) in [6.07, 6.45) is 0. The summed E-state index contributed by atoms with van der Waals surface area (Å²) >= 11 is 1.21. The van der Waals surface area contributed by atoms with Crippen molar-refractivity contribution in [3.05, 3.63) is 23.8 Å². The van der Waals surface area contributed by atoms with Gasteiger partial charge < -0.3 is 9.88 Å². The smallest absolute Gasteiger partial charge is 0.235 e. The van der Waals surface area contributed by atoms with Crippen molar-refractivity contribution in [1.29, 1.82) is 0 Å². The number of aromatic nitrogens is 2. The number of carbonyl (C=O) groups excluding carboxylic acids is 1. The van der Waals surface area contributed by atoms with Gasteiger partial charge in [-0.15, -0.1) is 0 Å². The second-order valence-corrected chi connectivity index (χ2v) is 5.65. The lowest BCUT2D eigenvalue weighted by atomic mass is 10.3. The van der Waals surface area contributed by atoms with Crippen LogP contribution in [0.4, 0.5) is 8.78 Å². The molecule has 102 valence electrons. The SMILES string of the molecule is CC(Sc1nc2cc(F)c(F)cc2[nH]1)C(=O)N(C)C. The molecule has 7 heteroatoms. The molecule has 0 spiro atoms. The largest absolute Gasteiger partial charge is 0.348 e. The van der Waals surface area contributed by atoms with E-state index >= 15 is 0 Å². The van der Waals surface area contributed by atoms with Crippen LogP contribution in [0.2, 0.25) is 0 Å². The third kappa shape index (κ3) is 2.86. The Kier molecular flexibility index (Phi) is 3.75. The van der Waals surface area contributed by atoms with Gasteiger partial charge in [0.1, 0.15) is 0 Å². The number of thioether (sulfide) groups is 1. The standard InChI is InChI=1S/C12H13F2N3OS/c1-6(11(18)17(2)3)19-12-15-9-4-7(13)8(14)5-10(9)16-12/h4-6H,1-3H3,(H,15,16). The number of rotatable bonds is 3. The van der Waals surface area contributed by atoms with Crippen LogP contribution < -0.4 is 0 Å². The Morgan fingerprint density at radius 3 is 2.63 bits per heavy atom. The summed E-state index contributed by atoms with van der Waals surface area (Å²) in [5.74, 6) is -1.92. The van der Waals surface area contributed by atoms with Crippen molar-refractivity contribution >= 4 is 28.7 Å². The van der Waals surface area contributed by atoms with Crippen molar-refractivity contribution < 1.29 is 13.6 Å². The van der Waals surface area contributed by atoms with Gasteiger partial charge in [-0.2, -0.15) is 0 Å². The number of imidazole rings is 1. The van der Waals surface area contributed by atoms with Crippen molar-refractivity contribution in [1.82, 2.24) is 14.9 Å². The van der Waals surface area contributed by atoms with Crippen molar-refractivity contribution in [3.8, 4) is 0 Å². The molecular weight excluding hydrogens is 272 g/mol. The predicted octanol–water partition coefficient (Wildman–Crippen LogP) is 2.41. The van der Waals surface area contributed by atoms with E-state index in [9.17, 15) is 13.6 Å². The van der Waals surface area contributed by atoms with Gasteiger partial charge in [0.2, 0.25) is 5.91 Å². The molecule has 1 heterocycles. The maximum Gasteiger partial charge on any atom is 0.235 e. The van der Waals surface area contributed by atoms with Crippen LogP contribution in [0, 0.1) is 11.6 Å². The van der Waals surface area contributed by atoms with E-state index in [2.05, 4.69) is 9.97 Å². The molecule has 1 N–H and O–H groups in total. The summed E-state index contributed by atoms with van der Waals surface area (Å²) in [4.78, 5) is 20.2. The van der Waals surface area contributed by atoms with Crippen LogP contribution in [-0.2, 0) is 4.79 Å². The van der Waals surface area contributed by atoms with Crippen LogP contribution in [0.1, 0.15) is 6.92 Å². The van der Waals surface area contributed by atoms with Crippen molar-refractivity contribution in [3.63, 3.8) is 0 Å². The second-order valence-electron chi connectivity index (χ2n) is 4.32. The van der Waals surface area contributed by atoms with E-state index in [0.29, 0.717) is 16.2 Å². The number of amides is 1. The number of benzene rings is 1. The Morgan fingerprint density at radius 2 is 2.00 bits per heavy atom. The number of carbonyl (C=O) groups is 1. The van der Waals surface area contributed by atoms with E-state index in [0.717, 1.165) is 12.1 Å². The fourth-order valence-corrected chi connectivity index (χ4v) is 2.59. The molecule has 1 aromatic carbocycles. The maximum absolute atomic E-state index is 13.1. The third-order valence-corrected chi connectivity index (χ3v) is 3.55. The monoisotopic (exact) mass is 285 g/mol. The Morgan fingerprint density at radius 1 is 1.37 bits per heavy atom. The molecular formula is C12H13F2N3OS. The van der Waals surface area contributed by atoms with Gasteiger partial charge >= 0.3 is 0 Å². The lowest BCUT2D eigenvalue weighted by Gasteiger charge is -2.14. The van der Waals surface area contributed by atoms with E-state index in [4.69, 9.17) is 0 Å². The molecule has 19 heavy (non-hydrogen) atoms. The van der Waals surface area contributed by atoms with Crippen LogP contribution in [0.5, 0.6) is 0 Å². The first kappa shape index (κ1) is 13.8. The number of fused-ring (bicyclic) bond motifs is 1. The first-order valence-corrected chi connectivity index (χ1v) is 6.49. The molecule has 1 atom stereocenters. The van der Waals surface area contributed by atoms with E-state index in [-0.39, 0.29) is 11.2 Å². The first-order chi connectivity index (χ1) is 8.88. The second kappa shape index (κ2) is 5.16. The molecule has 1 aromatic heterocycles. The number of hydrogen-bond donors (Lipinski definition) is 1. The summed E-state index contributed by atoms with van der Waals surface area (Å²) in [5.41, 5.74) is 0.747. The fraction of sp³-hybridized carbons (Fsp3) is 0.333. The Labute approximate surface area is 113 Å². The molecule has 0 aliphatic carbocycles. The van der Waals surface area contributed by atoms with Crippen LogP contribution in [0.3, 0.4) is 0 Å². The average Bonchev–Trinajstić information content (AvgIpc) is 2.69. The van der Waals surface area contributed by atoms with Gasteiger partial charge in [-0.1, -0.05) is 11.8 Å². The van der Waals surface area contributed by atoms with E-state index < -0.39 is 11.6 Å². The predicted molar refractivity (Wildman–Crippen MR) is 70.0 cm³/mol. The summed E-state index contributed by atoms with van der Waals surface area (Å²) in [7, 11) is 3.34. The number of nitrogens with one attached hydrogen (secondary N) is 1. The molecule has 1 unspecified atom stereocenters. The van der Waals surface area contributed by atoms with Crippen molar-refractivity contribution in [2.45, 2.75) is 17.3 Å². The van der Waals surface area contributed by atoms with E-state index in [1.54, 1.807) is 21.0 Å². The normalized spacial score (nSPS) is 12.7. The summed E-state index contributed by atoms with van der Waals surface area (Å²) in [6, 6.07) is 2.09. The lowest BCUT2D eigenvalue weighted by Crippen LogP contribution is -2.29. The minimum absolute atomic E-state index is 0.0529. The molecule has 0 saturated carbocycles. The fourth-order valence-electron chi connectivity index (χ4n) is 1.62. The van der Waals surface area contributed by atoms with Gasteiger partial charge in [0.15, 0.2) is 16.8 Å². The van der Waals surface area contributed by atoms with Crippen LogP contribution in [0.15, 0.2) is 17.3 Å². The highest BCUT2D eigenvalue weighted by Gasteiger charge is 2.18. The maximum atomic E-state index is 13.1. The third-order valence-electron chi connectivity index (χ3n) is 2.58.